The summed E-state index contributed by atoms with van der Waals surface area (Å²) < 4.78 is 0. The number of piperazine rings is 1. The van der Waals surface area contributed by atoms with E-state index in [1.54, 1.807) is 22.9 Å². The molecule has 2 rings (SSSR count). The van der Waals surface area contributed by atoms with E-state index < -0.39 is 0 Å². The minimum Gasteiger partial charge on any atom is -0.342 e. The van der Waals surface area contributed by atoms with Crippen LogP contribution in [0.15, 0.2) is 16.3 Å². The Hall–Kier alpha value is -1.01. The summed E-state index contributed by atoms with van der Waals surface area (Å²) in [5, 5.41) is 1.81. The topological polar surface area (TPSA) is 40.6 Å². The predicted molar refractivity (Wildman–Crippen MR) is 65.1 cm³/mol. The van der Waals surface area contributed by atoms with Crippen LogP contribution in [0.1, 0.15) is 9.67 Å². The molecule has 86 valence electrons. The molecule has 0 N–H and O–H groups in total. The second-order valence-electron chi connectivity index (χ2n) is 3.71. The van der Waals surface area contributed by atoms with Gasteiger partial charge in [0.05, 0.1) is 4.88 Å². The minimum absolute atomic E-state index is 0.0118. The Labute approximate surface area is 103 Å². The van der Waals surface area contributed by atoms with Crippen molar-refractivity contribution < 1.29 is 9.59 Å². The smallest absolute Gasteiger partial charge is 0.264 e. The highest BCUT2D eigenvalue weighted by atomic mass is 32.1. The van der Waals surface area contributed by atoms with Gasteiger partial charge in [-0.15, -0.1) is 24.0 Å². The molecule has 0 atom stereocenters. The van der Waals surface area contributed by atoms with Gasteiger partial charge >= 0.3 is 0 Å². The molecule has 0 spiro atoms. The predicted octanol–water partition coefficient (Wildman–Crippen LogP) is 0.951. The van der Waals surface area contributed by atoms with E-state index in [2.05, 4.69) is 12.6 Å². The number of hydrogen-bond donors (Lipinski definition) is 1. The average molecular weight is 256 g/mol. The number of rotatable bonds is 1. The zero-order valence-corrected chi connectivity index (χ0v) is 10.6. The third-order valence-corrected chi connectivity index (χ3v) is 3.89. The maximum atomic E-state index is 12.0. The van der Waals surface area contributed by atoms with Crippen molar-refractivity contribution in [3.63, 3.8) is 0 Å². The molecule has 0 radical (unpaired) electrons. The van der Waals surface area contributed by atoms with Crippen LogP contribution in [0.3, 0.4) is 0 Å². The maximum absolute atomic E-state index is 12.0. The fourth-order valence-corrected chi connectivity index (χ4v) is 2.64. The van der Waals surface area contributed by atoms with Gasteiger partial charge in [0.2, 0.25) is 5.91 Å². The lowest BCUT2D eigenvalue weighted by Gasteiger charge is -2.31. The number of likely N-dealkylation sites (N-methyl/N-ethyl adjacent to an activating group) is 1. The van der Waals surface area contributed by atoms with Crippen LogP contribution < -0.4 is 0 Å². The van der Waals surface area contributed by atoms with Crippen LogP contribution in [0, 0.1) is 0 Å². The van der Waals surface area contributed by atoms with E-state index in [1.807, 2.05) is 5.38 Å². The number of nitrogens with zero attached hydrogens (tertiary/aromatic N) is 2. The molecule has 2 amide bonds. The lowest BCUT2D eigenvalue weighted by molar-refractivity contribution is -0.133. The fraction of sp³-hybridized carbons (Fsp3) is 0.400. The van der Waals surface area contributed by atoms with Crippen LogP contribution in [0.5, 0.6) is 0 Å². The van der Waals surface area contributed by atoms with Crippen LogP contribution >= 0.6 is 24.0 Å². The third kappa shape index (κ3) is 2.22. The summed E-state index contributed by atoms with van der Waals surface area (Å²) in [6, 6.07) is 1.74. The summed E-state index contributed by atoms with van der Waals surface area (Å²) in [6.45, 7) is 1.37. The van der Waals surface area contributed by atoms with Crippen molar-refractivity contribution in [1.29, 1.82) is 0 Å². The number of carbonyl (C=O) groups is 2. The molecule has 1 aliphatic rings. The van der Waals surface area contributed by atoms with Crippen LogP contribution in [0.2, 0.25) is 0 Å². The Morgan fingerprint density at radius 2 is 2.25 bits per heavy atom. The summed E-state index contributed by atoms with van der Waals surface area (Å²) in [7, 11) is 1.75. The van der Waals surface area contributed by atoms with Gasteiger partial charge in [0.15, 0.2) is 0 Å². The largest absolute Gasteiger partial charge is 0.342 e. The number of carbonyl (C=O) groups excluding carboxylic acids is 2. The van der Waals surface area contributed by atoms with Crippen molar-refractivity contribution >= 4 is 35.8 Å². The first-order valence-electron chi connectivity index (χ1n) is 4.88. The first kappa shape index (κ1) is 11.5. The molecule has 1 aromatic heterocycles. The number of thiol groups is 1. The fourth-order valence-electron chi connectivity index (χ4n) is 1.53. The van der Waals surface area contributed by atoms with E-state index in [1.165, 1.54) is 11.3 Å². The van der Waals surface area contributed by atoms with Gasteiger partial charge in [0, 0.05) is 30.4 Å². The summed E-state index contributed by atoms with van der Waals surface area (Å²) in [5.41, 5.74) is 0. The van der Waals surface area contributed by atoms with E-state index >= 15 is 0 Å². The number of amides is 2. The molecule has 6 heteroatoms. The highest BCUT2D eigenvalue weighted by Crippen LogP contribution is 2.20. The molecule has 2 heterocycles. The van der Waals surface area contributed by atoms with Gasteiger partial charge in [0.1, 0.15) is 6.54 Å². The Balaban J connectivity index is 2.09. The highest BCUT2D eigenvalue weighted by molar-refractivity contribution is 7.80. The number of hydrogen-bond acceptors (Lipinski definition) is 4. The third-order valence-electron chi connectivity index (χ3n) is 2.54. The SMILES string of the molecule is CN1CCN(C(=O)c2cc(S)cs2)CC1=O. The van der Waals surface area contributed by atoms with Gasteiger partial charge in [-0.1, -0.05) is 0 Å². The first-order chi connectivity index (χ1) is 7.58. The van der Waals surface area contributed by atoms with Crippen molar-refractivity contribution in [1.82, 2.24) is 9.80 Å². The second kappa shape index (κ2) is 4.47. The summed E-state index contributed by atoms with van der Waals surface area (Å²) in [4.78, 5) is 28.1. The minimum atomic E-state index is -0.0771. The van der Waals surface area contributed by atoms with Gasteiger partial charge in [-0.05, 0) is 6.07 Å². The molecule has 16 heavy (non-hydrogen) atoms. The molecule has 1 aromatic rings. The van der Waals surface area contributed by atoms with Crippen LogP contribution in [-0.2, 0) is 4.79 Å². The average Bonchev–Trinajstić information content (AvgIpc) is 2.68. The molecule has 1 fully saturated rings. The molecule has 1 saturated heterocycles. The Kier molecular flexibility index (Phi) is 3.20. The first-order valence-corrected chi connectivity index (χ1v) is 6.21. The summed E-state index contributed by atoms with van der Waals surface area (Å²) in [5.74, 6) is -0.0889. The lowest BCUT2D eigenvalue weighted by Crippen LogP contribution is -2.50. The van der Waals surface area contributed by atoms with E-state index in [4.69, 9.17) is 0 Å². The Morgan fingerprint density at radius 1 is 1.50 bits per heavy atom. The second-order valence-corrected chi connectivity index (χ2v) is 5.14. The number of thiophene rings is 1. The van der Waals surface area contributed by atoms with E-state index in [9.17, 15) is 9.59 Å². The van der Waals surface area contributed by atoms with Gasteiger partial charge in [0.25, 0.3) is 5.91 Å². The van der Waals surface area contributed by atoms with Gasteiger partial charge < -0.3 is 9.80 Å². The monoisotopic (exact) mass is 256 g/mol. The van der Waals surface area contributed by atoms with Crippen molar-refractivity contribution in [3.8, 4) is 0 Å². The zero-order chi connectivity index (χ0) is 11.7. The Morgan fingerprint density at radius 3 is 2.81 bits per heavy atom. The van der Waals surface area contributed by atoms with Crippen molar-refractivity contribution in [3.05, 3.63) is 16.3 Å². The van der Waals surface area contributed by atoms with Gasteiger partial charge in [-0.3, -0.25) is 9.59 Å². The molecular formula is C10H12N2O2S2. The zero-order valence-electron chi connectivity index (χ0n) is 8.84. The van der Waals surface area contributed by atoms with Crippen molar-refractivity contribution in [2.45, 2.75) is 4.90 Å². The van der Waals surface area contributed by atoms with Crippen LogP contribution in [0.4, 0.5) is 0 Å². The normalized spacial score (nSPS) is 16.8. The molecule has 0 aliphatic carbocycles. The molecule has 0 aromatic carbocycles. The summed E-state index contributed by atoms with van der Waals surface area (Å²) in [6.07, 6.45) is 0. The molecule has 1 aliphatic heterocycles. The molecule has 0 unspecified atom stereocenters. The quantitative estimate of drug-likeness (QED) is 0.760. The Bertz CT molecular complexity index is 430. The van der Waals surface area contributed by atoms with Crippen LogP contribution in [0.25, 0.3) is 0 Å². The lowest BCUT2D eigenvalue weighted by atomic mass is 10.3. The molecule has 0 bridgehead atoms. The van der Waals surface area contributed by atoms with Crippen LogP contribution in [-0.4, -0.2) is 48.3 Å². The highest BCUT2D eigenvalue weighted by Gasteiger charge is 2.26. The molecule has 4 nitrogen and oxygen atoms in total. The van der Waals surface area contributed by atoms with Crippen molar-refractivity contribution in [2.75, 3.05) is 26.7 Å². The molecule has 0 saturated carbocycles. The van der Waals surface area contributed by atoms with E-state index in [0.717, 1.165) is 4.90 Å². The standard InChI is InChI=1S/C10H12N2O2S2/c1-11-2-3-12(5-9(11)13)10(14)8-4-7(15)6-16-8/h4,6,15H,2-3,5H2,1H3. The summed E-state index contributed by atoms with van der Waals surface area (Å²) >= 11 is 5.52. The van der Waals surface area contributed by atoms with E-state index in [-0.39, 0.29) is 18.4 Å². The maximum Gasteiger partial charge on any atom is 0.264 e. The van der Waals surface area contributed by atoms with Gasteiger partial charge in [-0.2, -0.15) is 0 Å². The van der Waals surface area contributed by atoms with Gasteiger partial charge in [-0.25, -0.2) is 0 Å². The van der Waals surface area contributed by atoms with E-state index in [0.29, 0.717) is 18.0 Å². The van der Waals surface area contributed by atoms with Crippen molar-refractivity contribution in [2.24, 2.45) is 0 Å². The molecular weight excluding hydrogens is 244 g/mol.